The van der Waals surface area contributed by atoms with Gasteiger partial charge in [-0.25, -0.2) is 8.42 Å². The van der Waals surface area contributed by atoms with Crippen LogP contribution in [0.2, 0.25) is 5.02 Å². The molecule has 0 aromatic heterocycles. The van der Waals surface area contributed by atoms with Crippen molar-refractivity contribution in [1.29, 1.82) is 0 Å². The summed E-state index contributed by atoms with van der Waals surface area (Å²) >= 11 is 5.80. The second kappa shape index (κ2) is 10.2. The van der Waals surface area contributed by atoms with Gasteiger partial charge in [0.2, 0.25) is 5.91 Å². The predicted octanol–water partition coefficient (Wildman–Crippen LogP) is 3.17. The number of carbonyl (C=O) groups excluding carboxylic acids is 3. The molecular formula is C22H19ClN4O5S. The molecule has 4 N–H and O–H groups in total. The summed E-state index contributed by atoms with van der Waals surface area (Å²) in [7, 11) is -3.96. The molecule has 0 heterocycles. The van der Waals surface area contributed by atoms with Crippen LogP contribution in [0, 0.1) is 0 Å². The van der Waals surface area contributed by atoms with Gasteiger partial charge in [0, 0.05) is 34.4 Å². The molecule has 0 aliphatic carbocycles. The van der Waals surface area contributed by atoms with Crippen molar-refractivity contribution < 1.29 is 22.8 Å². The first kappa shape index (κ1) is 23.8. The molecule has 0 unspecified atom stereocenters. The number of benzene rings is 3. The van der Waals surface area contributed by atoms with Crippen molar-refractivity contribution in [3.8, 4) is 0 Å². The summed E-state index contributed by atoms with van der Waals surface area (Å²) in [5.41, 5.74) is 5.60. The van der Waals surface area contributed by atoms with Crippen molar-refractivity contribution in [2.45, 2.75) is 11.8 Å². The molecule has 3 aromatic carbocycles. The Bertz CT molecular complexity index is 1290. The van der Waals surface area contributed by atoms with Crippen LogP contribution in [-0.2, 0) is 14.8 Å². The Labute approximate surface area is 195 Å². The third-order valence-corrected chi connectivity index (χ3v) is 5.89. The smallest absolute Gasteiger partial charge is 0.269 e. The number of sulfonamides is 1. The molecule has 0 fully saturated rings. The van der Waals surface area contributed by atoms with E-state index in [9.17, 15) is 22.8 Å². The van der Waals surface area contributed by atoms with Gasteiger partial charge in [0.25, 0.3) is 21.8 Å². The third kappa shape index (κ3) is 6.55. The molecule has 0 saturated carbocycles. The van der Waals surface area contributed by atoms with E-state index < -0.39 is 21.8 Å². The maximum absolute atomic E-state index is 12.6. The lowest BCUT2D eigenvalue weighted by molar-refractivity contribution is -0.114. The Morgan fingerprint density at radius 3 is 1.94 bits per heavy atom. The van der Waals surface area contributed by atoms with Crippen molar-refractivity contribution in [3.63, 3.8) is 0 Å². The van der Waals surface area contributed by atoms with Crippen LogP contribution < -0.4 is 20.9 Å². The van der Waals surface area contributed by atoms with Crippen LogP contribution >= 0.6 is 11.6 Å². The number of hydrogen-bond donors (Lipinski definition) is 4. The van der Waals surface area contributed by atoms with Crippen LogP contribution in [0.25, 0.3) is 0 Å². The molecule has 0 spiro atoms. The monoisotopic (exact) mass is 486 g/mol. The van der Waals surface area contributed by atoms with Crippen molar-refractivity contribution in [2.75, 3.05) is 10.0 Å². The molecule has 33 heavy (non-hydrogen) atoms. The Morgan fingerprint density at radius 2 is 1.33 bits per heavy atom. The van der Waals surface area contributed by atoms with E-state index in [0.29, 0.717) is 16.4 Å². The van der Waals surface area contributed by atoms with Gasteiger partial charge in [-0.15, -0.1) is 0 Å². The van der Waals surface area contributed by atoms with Gasteiger partial charge in [-0.05, 0) is 66.7 Å². The molecule has 170 valence electrons. The van der Waals surface area contributed by atoms with E-state index in [1.54, 1.807) is 24.3 Å². The molecule has 3 aromatic rings. The van der Waals surface area contributed by atoms with E-state index in [-0.39, 0.29) is 21.9 Å². The average Bonchev–Trinajstić information content (AvgIpc) is 2.79. The van der Waals surface area contributed by atoms with Crippen LogP contribution in [0.4, 0.5) is 11.4 Å². The second-order valence-corrected chi connectivity index (χ2v) is 8.93. The van der Waals surface area contributed by atoms with Gasteiger partial charge in [-0.2, -0.15) is 0 Å². The van der Waals surface area contributed by atoms with Crippen LogP contribution in [-0.4, -0.2) is 26.1 Å². The summed E-state index contributed by atoms with van der Waals surface area (Å²) in [5, 5.41) is 3.04. The van der Waals surface area contributed by atoms with E-state index in [0.717, 1.165) is 0 Å². The minimum absolute atomic E-state index is 0.0234. The number of carbonyl (C=O) groups is 3. The van der Waals surface area contributed by atoms with Gasteiger partial charge in [-0.1, -0.05) is 17.7 Å². The molecule has 0 bridgehead atoms. The van der Waals surface area contributed by atoms with Gasteiger partial charge in [0.1, 0.15) is 0 Å². The molecule has 3 rings (SSSR count). The zero-order chi connectivity index (χ0) is 24.0. The molecule has 0 atom stereocenters. The number of nitrogens with one attached hydrogen (secondary N) is 4. The van der Waals surface area contributed by atoms with Gasteiger partial charge in [0.15, 0.2) is 0 Å². The first-order valence-corrected chi connectivity index (χ1v) is 11.4. The van der Waals surface area contributed by atoms with Crippen LogP contribution in [0.3, 0.4) is 0 Å². The fourth-order valence-electron chi connectivity index (χ4n) is 2.70. The largest absolute Gasteiger partial charge is 0.326 e. The fraction of sp³-hybridized carbons (Fsp3) is 0.0455. The Balaban J connectivity index is 1.64. The number of hydrogen-bond acceptors (Lipinski definition) is 5. The van der Waals surface area contributed by atoms with Crippen molar-refractivity contribution in [2.24, 2.45) is 0 Å². The Morgan fingerprint density at radius 1 is 0.758 bits per heavy atom. The highest BCUT2D eigenvalue weighted by Crippen LogP contribution is 2.19. The molecule has 9 nitrogen and oxygen atoms in total. The molecule has 0 aliphatic rings. The number of amides is 3. The van der Waals surface area contributed by atoms with Crippen LogP contribution in [0.5, 0.6) is 0 Å². The lowest BCUT2D eigenvalue weighted by atomic mass is 10.2. The average molecular weight is 487 g/mol. The first-order chi connectivity index (χ1) is 15.6. The molecule has 0 aliphatic heterocycles. The number of anilines is 2. The van der Waals surface area contributed by atoms with E-state index in [4.69, 9.17) is 11.6 Å². The normalized spacial score (nSPS) is 10.7. The molecule has 11 heteroatoms. The van der Waals surface area contributed by atoms with E-state index in [1.165, 1.54) is 55.5 Å². The summed E-state index contributed by atoms with van der Waals surface area (Å²) in [6.07, 6.45) is 0. The summed E-state index contributed by atoms with van der Waals surface area (Å²) in [6.45, 7) is 1.37. The van der Waals surface area contributed by atoms with Crippen LogP contribution in [0.15, 0.2) is 77.7 Å². The molecule has 0 saturated heterocycles. The number of hydrazine groups is 1. The number of halogens is 1. The third-order valence-electron chi connectivity index (χ3n) is 4.26. The van der Waals surface area contributed by atoms with Crippen molar-refractivity contribution in [1.82, 2.24) is 10.9 Å². The lowest BCUT2D eigenvalue weighted by Gasteiger charge is -2.11. The topological polar surface area (TPSA) is 133 Å². The highest BCUT2D eigenvalue weighted by Gasteiger charge is 2.17. The van der Waals surface area contributed by atoms with Crippen molar-refractivity contribution in [3.05, 3.63) is 88.9 Å². The zero-order valence-corrected chi connectivity index (χ0v) is 18.8. The summed E-state index contributed by atoms with van der Waals surface area (Å²) < 4.78 is 27.7. The van der Waals surface area contributed by atoms with E-state index >= 15 is 0 Å². The van der Waals surface area contributed by atoms with Gasteiger partial charge in [0.05, 0.1) is 4.90 Å². The van der Waals surface area contributed by atoms with Crippen LogP contribution in [0.1, 0.15) is 27.6 Å². The highest BCUT2D eigenvalue weighted by molar-refractivity contribution is 7.92. The van der Waals surface area contributed by atoms with E-state index in [2.05, 4.69) is 20.9 Å². The Hall–Kier alpha value is -3.89. The quantitative estimate of drug-likeness (QED) is 0.397. The van der Waals surface area contributed by atoms with Gasteiger partial charge in [-0.3, -0.25) is 30.0 Å². The zero-order valence-electron chi connectivity index (χ0n) is 17.3. The maximum Gasteiger partial charge on any atom is 0.269 e. The molecular weight excluding hydrogens is 468 g/mol. The predicted molar refractivity (Wildman–Crippen MR) is 124 cm³/mol. The molecule has 3 amide bonds. The molecule has 0 radical (unpaired) electrons. The highest BCUT2D eigenvalue weighted by atomic mass is 35.5. The standard InChI is InChI=1S/C22H19ClN4O5S/c1-14(28)24-18-9-5-15(6-10-18)21(29)25-26-22(30)16-3-2-4-20(13-16)33(31,32)27-19-11-7-17(23)8-12-19/h2-13,27H,1H3,(H,24,28)(H,25,29)(H,26,30). The maximum atomic E-state index is 12.6. The second-order valence-electron chi connectivity index (χ2n) is 6.81. The van der Waals surface area contributed by atoms with E-state index in [1.807, 2.05) is 0 Å². The van der Waals surface area contributed by atoms with Gasteiger partial charge < -0.3 is 5.32 Å². The fourth-order valence-corrected chi connectivity index (χ4v) is 3.93. The lowest BCUT2D eigenvalue weighted by Crippen LogP contribution is -2.41. The Kier molecular flexibility index (Phi) is 7.31. The number of rotatable bonds is 6. The summed E-state index contributed by atoms with van der Waals surface area (Å²) in [6, 6.07) is 17.5. The summed E-state index contributed by atoms with van der Waals surface area (Å²) in [5.74, 6) is -1.54. The summed E-state index contributed by atoms with van der Waals surface area (Å²) in [4.78, 5) is 35.6. The minimum Gasteiger partial charge on any atom is -0.326 e. The first-order valence-electron chi connectivity index (χ1n) is 9.51. The SMILES string of the molecule is CC(=O)Nc1ccc(C(=O)NNC(=O)c2cccc(S(=O)(=O)Nc3ccc(Cl)cc3)c2)cc1. The minimum atomic E-state index is -3.96. The van der Waals surface area contributed by atoms with Gasteiger partial charge >= 0.3 is 0 Å². The van der Waals surface area contributed by atoms with Crippen molar-refractivity contribution >= 4 is 50.7 Å².